The van der Waals surface area contributed by atoms with Crippen LogP contribution in [0.1, 0.15) is 36.8 Å². The molecule has 0 saturated carbocycles. The Labute approximate surface area is 193 Å². The van der Waals surface area contributed by atoms with Gasteiger partial charge in [-0.2, -0.15) is 0 Å². The fourth-order valence-electron chi connectivity index (χ4n) is 3.85. The molecule has 3 rings (SSSR count). The van der Waals surface area contributed by atoms with E-state index < -0.39 is 0 Å². The molecule has 1 heterocycles. The molecule has 0 unspecified atom stereocenters. The second-order valence-corrected chi connectivity index (χ2v) is 8.93. The molecular formula is C24H29Cl2N3O2. The van der Waals surface area contributed by atoms with Crippen LogP contribution in [0.25, 0.3) is 0 Å². The zero-order valence-corrected chi connectivity index (χ0v) is 19.1. The number of anilines is 1. The van der Waals surface area contributed by atoms with Gasteiger partial charge in [0.2, 0.25) is 11.8 Å². The molecule has 166 valence electrons. The van der Waals surface area contributed by atoms with Crippen molar-refractivity contribution < 1.29 is 9.59 Å². The summed E-state index contributed by atoms with van der Waals surface area (Å²) in [7, 11) is 0. The lowest BCUT2D eigenvalue weighted by Crippen LogP contribution is -2.39. The minimum absolute atomic E-state index is 0.00475. The third-order valence-corrected chi connectivity index (χ3v) is 6.54. The number of hydrogen-bond donors (Lipinski definition) is 2. The van der Waals surface area contributed by atoms with Crippen LogP contribution in [0.4, 0.5) is 5.69 Å². The largest absolute Gasteiger partial charge is 0.369 e. The Morgan fingerprint density at radius 2 is 1.65 bits per heavy atom. The zero-order valence-electron chi connectivity index (χ0n) is 17.6. The molecule has 2 aromatic rings. The lowest BCUT2D eigenvalue weighted by atomic mass is 9.96. The predicted octanol–water partition coefficient (Wildman–Crippen LogP) is 4.69. The minimum Gasteiger partial charge on any atom is -0.369 e. The van der Waals surface area contributed by atoms with Gasteiger partial charge in [-0.25, -0.2) is 0 Å². The molecule has 3 N–H and O–H groups in total. The quantitative estimate of drug-likeness (QED) is 0.568. The van der Waals surface area contributed by atoms with Crippen LogP contribution in [0.2, 0.25) is 10.0 Å². The van der Waals surface area contributed by atoms with Crippen molar-refractivity contribution in [3.8, 4) is 0 Å². The predicted molar refractivity (Wildman–Crippen MR) is 127 cm³/mol. The van der Waals surface area contributed by atoms with Gasteiger partial charge in [-0.05, 0) is 80.6 Å². The molecule has 31 heavy (non-hydrogen) atoms. The molecule has 0 bridgehead atoms. The highest BCUT2D eigenvalue weighted by molar-refractivity contribution is 6.42. The highest BCUT2D eigenvalue weighted by Gasteiger charge is 2.22. The number of benzene rings is 2. The van der Waals surface area contributed by atoms with Crippen LogP contribution in [0.5, 0.6) is 0 Å². The van der Waals surface area contributed by atoms with E-state index in [2.05, 4.69) is 22.3 Å². The monoisotopic (exact) mass is 461 g/mol. The third kappa shape index (κ3) is 7.53. The zero-order chi connectivity index (χ0) is 22.2. The van der Waals surface area contributed by atoms with Crippen molar-refractivity contribution in [3.05, 3.63) is 63.6 Å². The molecule has 1 saturated heterocycles. The van der Waals surface area contributed by atoms with Gasteiger partial charge in [0.15, 0.2) is 0 Å². The highest BCUT2D eigenvalue weighted by atomic mass is 35.5. The average molecular weight is 462 g/mol. The van der Waals surface area contributed by atoms with Crippen molar-refractivity contribution in [1.82, 2.24) is 4.90 Å². The maximum atomic E-state index is 12.2. The van der Waals surface area contributed by atoms with Crippen molar-refractivity contribution >= 4 is 40.7 Å². The summed E-state index contributed by atoms with van der Waals surface area (Å²) >= 11 is 12.0. The van der Waals surface area contributed by atoms with Gasteiger partial charge in [-0.1, -0.05) is 41.4 Å². The second kappa shape index (κ2) is 11.5. The number of hydrogen-bond acceptors (Lipinski definition) is 3. The molecule has 1 fully saturated rings. The van der Waals surface area contributed by atoms with E-state index in [-0.39, 0.29) is 17.7 Å². The number of nitrogens with two attached hydrogens (primary N) is 1. The van der Waals surface area contributed by atoms with E-state index in [1.807, 2.05) is 24.3 Å². The summed E-state index contributed by atoms with van der Waals surface area (Å²) in [6.45, 7) is 2.81. The SMILES string of the molecule is NC(=O)C1CCN(CCc2ccc(NC(=O)CCCc3ccc(Cl)c(Cl)c3)cc2)CC1. The number of halogens is 2. The molecular weight excluding hydrogens is 433 g/mol. The summed E-state index contributed by atoms with van der Waals surface area (Å²) < 4.78 is 0. The number of amides is 2. The standard InChI is InChI=1S/C24H29Cl2N3O2/c25-21-9-6-18(16-22(21)26)2-1-3-23(30)28-20-7-4-17(5-8-20)10-13-29-14-11-19(12-15-29)24(27)31/h4-9,16,19H,1-3,10-15H2,(H2,27,31)(H,28,30). The minimum atomic E-state index is -0.174. The summed E-state index contributed by atoms with van der Waals surface area (Å²) in [6, 6.07) is 13.6. The Balaban J connectivity index is 1.36. The molecule has 0 aromatic heterocycles. The van der Waals surface area contributed by atoms with Crippen molar-refractivity contribution in [2.45, 2.75) is 38.5 Å². The highest BCUT2D eigenvalue weighted by Crippen LogP contribution is 2.23. The first kappa shape index (κ1) is 23.6. The first-order valence-corrected chi connectivity index (χ1v) is 11.5. The van der Waals surface area contributed by atoms with Crippen LogP contribution in [-0.2, 0) is 22.4 Å². The second-order valence-electron chi connectivity index (χ2n) is 8.12. The molecule has 1 aliphatic rings. The molecule has 0 radical (unpaired) electrons. The molecule has 5 nitrogen and oxygen atoms in total. The van der Waals surface area contributed by atoms with Gasteiger partial charge < -0.3 is 16.0 Å². The number of likely N-dealkylation sites (tertiary alicyclic amines) is 1. The van der Waals surface area contributed by atoms with Gasteiger partial charge in [0.25, 0.3) is 0 Å². The number of primary amides is 1. The normalized spacial score (nSPS) is 15.0. The Hall–Kier alpha value is -2.08. The summed E-state index contributed by atoms with van der Waals surface area (Å²) in [5.41, 5.74) is 8.51. The van der Waals surface area contributed by atoms with E-state index >= 15 is 0 Å². The summed E-state index contributed by atoms with van der Waals surface area (Å²) in [5.74, 6) is -0.139. The van der Waals surface area contributed by atoms with Crippen molar-refractivity contribution in [2.75, 3.05) is 25.0 Å². The summed E-state index contributed by atoms with van der Waals surface area (Å²) in [5, 5.41) is 4.04. The van der Waals surface area contributed by atoms with Crippen LogP contribution in [-0.4, -0.2) is 36.3 Å². The Morgan fingerprint density at radius 3 is 2.29 bits per heavy atom. The topological polar surface area (TPSA) is 75.4 Å². The third-order valence-electron chi connectivity index (χ3n) is 5.80. The maximum Gasteiger partial charge on any atom is 0.224 e. The van der Waals surface area contributed by atoms with Crippen LogP contribution < -0.4 is 11.1 Å². The van der Waals surface area contributed by atoms with Crippen LogP contribution in [0.15, 0.2) is 42.5 Å². The molecule has 2 aromatic carbocycles. The van der Waals surface area contributed by atoms with E-state index in [9.17, 15) is 9.59 Å². The average Bonchev–Trinajstić information content (AvgIpc) is 2.76. The molecule has 0 spiro atoms. The Bertz CT molecular complexity index is 894. The van der Waals surface area contributed by atoms with Crippen molar-refractivity contribution in [2.24, 2.45) is 11.7 Å². The van der Waals surface area contributed by atoms with E-state index in [4.69, 9.17) is 28.9 Å². The number of carbonyl (C=O) groups excluding carboxylic acids is 2. The first-order chi connectivity index (χ1) is 14.9. The molecule has 0 aliphatic carbocycles. The van der Waals surface area contributed by atoms with Crippen molar-refractivity contribution in [1.29, 1.82) is 0 Å². The van der Waals surface area contributed by atoms with Gasteiger partial charge >= 0.3 is 0 Å². The number of nitrogens with one attached hydrogen (secondary N) is 1. The first-order valence-electron chi connectivity index (χ1n) is 10.7. The molecule has 1 aliphatic heterocycles. The van der Waals surface area contributed by atoms with E-state index in [1.165, 1.54) is 5.56 Å². The Kier molecular flexibility index (Phi) is 8.76. The number of rotatable bonds is 9. The van der Waals surface area contributed by atoms with Crippen molar-refractivity contribution in [3.63, 3.8) is 0 Å². The van der Waals surface area contributed by atoms with Gasteiger partial charge in [-0.15, -0.1) is 0 Å². The number of nitrogens with zero attached hydrogens (tertiary/aromatic N) is 1. The maximum absolute atomic E-state index is 12.2. The van der Waals surface area contributed by atoms with Gasteiger partial charge in [0.05, 0.1) is 10.0 Å². The number of piperidine rings is 1. The lowest BCUT2D eigenvalue weighted by molar-refractivity contribution is -0.123. The van der Waals surface area contributed by atoms with Crippen LogP contribution >= 0.6 is 23.2 Å². The van der Waals surface area contributed by atoms with Crippen LogP contribution in [0, 0.1) is 5.92 Å². The van der Waals surface area contributed by atoms with E-state index in [0.29, 0.717) is 16.5 Å². The van der Waals surface area contributed by atoms with Gasteiger partial charge in [0.1, 0.15) is 0 Å². The summed E-state index contributed by atoms with van der Waals surface area (Å²) in [6.07, 6.45) is 4.62. The van der Waals surface area contributed by atoms with E-state index in [1.54, 1.807) is 6.07 Å². The lowest BCUT2D eigenvalue weighted by Gasteiger charge is -2.30. The Morgan fingerprint density at radius 1 is 0.968 bits per heavy atom. The molecule has 7 heteroatoms. The smallest absolute Gasteiger partial charge is 0.224 e. The van der Waals surface area contributed by atoms with Gasteiger partial charge in [0, 0.05) is 24.6 Å². The van der Waals surface area contributed by atoms with Crippen LogP contribution in [0.3, 0.4) is 0 Å². The van der Waals surface area contributed by atoms with E-state index in [0.717, 1.165) is 63.0 Å². The molecule has 0 atom stereocenters. The number of carbonyl (C=O) groups is 2. The fourth-order valence-corrected chi connectivity index (χ4v) is 4.18. The van der Waals surface area contributed by atoms with Gasteiger partial charge in [-0.3, -0.25) is 9.59 Å². The fraction of sp³-hybridized carbons (Fsp3) is 0.417. The summed E-state index contributed by atoms with van der Waals surface area (Å²) in [4.78, 5) is 25.9. The number of aryl methyl sites for hydroxylation is 1. The molecule has 2 amide bonds.